The summed E-state index contributed by atoms with van der Waals surface area (Å²) < 4.78 is 25.6. The summed E-state index contributed by atoms with van der Waals surface area (Å²) in [5.74, 6) is -0.279. The Morgan fingerprint density at radius 3 is 2.75 bits per heavy atom. The molecule has 1 fully saturated rings. The minimum absolute atomic E-state index is 0.0124. The van der Waals surface area contributed by atoms with Crippen molar-refractivity contribution >= 4 is 26.8 Å². The number of aromatic nitrogens is 5. The molecule has 3 aromatic rings. The van der Waals surface area contributed by atoms with Gasteiger partial charge in [-0.3, -0.25) is 4.79 Å². The van der Waals surface area contributed by atoms with E-state index in [9.17, 15) is 18.5 Å². The fourth-order valence-electron chi connectivity index (χ4n) is 3.86. The molecular formula is C17H15N7O3S. The number of rotatable bonds is 4. The summed E-state index contributed by atoms with van der Waals surface area (Å²) in [6, 6.07) is 3.87. The summed E-state index contributed by atoms with van der Waals surface area (Å²) in [6.07, 6.45) is 3.28. The Kier molecular flexibility index (Phi) is 3.32. The number of carbonyl (C=O) groups excluding carboxylic acids is 1. The second kappa shape index (κ2) is 5.46. The molecule has 1 aliphatic carbocycles. The first-order valence-corrected chi connectivity index (χ1v) is 10.3. The van der Waals surface area contributed by atoms with Crippen LogP contribution in [-0.4, -0.2) is 62.3 Å². The topological polar surface area (TPSA) is 138 Å². The molecule has 1 aliphatic heterocycles. The molecule has 0 radical (unpaired) electrons. The first-order valence-electron chi connectivity index (χ1n) is 8.74. The van der Waals surface area contributed by atoms with Crippen LogP contribution in [-0.2, 0) is 15.6 Å². The van der Waals surface area contributed by atoms with E-state index in [-0.39, 0.29) is 36.7 Å². The molecule has 142 valence electrons. The van der Waals surface area contributed by atoms with Gasteiger partial charge in [-0.05, 0) is 13.0 Å². The number of nitriles is 1. The Morgan fingerprint density at radius 1 is 1.29 bits per heavy atom. The Hall–Kier alpha value is -3.10. The molecule has 0 saturated carbocycles. The lowest BCUT2D eigenvalue weighted by Gasteiger charge is -2.46. The fraction of sp³-hybridized carbons (Fsp3) is 0.353. The highest BCUT2D eigenvalue weighted by molar-refractivity contribution is 7.89. The Bertz CT molecular complexity index is 1290. The molecule has 0 spiro atoms. The zero-order valence-electron chi connectivity index (χ0n) is 14.9. The summed E-state index contributed by atoms with van der Waals surface area (Å²) in [5, 5.41) is 18.9. The van der Waals surface area contributed by atoms with Crippen LogP contribution in [0.4, 0.5) is 0 Å². The van der Waals surface area contributed by atoms with E-state index in [2.05, 4.69) is 26.2 Å². The molecule has 11 heteroatoms. The van der Waals surface area contributed by atoms with Crippen LogP contribution < -0.4 is 0 Å². The van der Waals surface area contributed by atoms with E-state index in [1.54, 1.807) is 25.4 Å². The molecule has 2 aliphatic rings. The lowest BCUT2D eigenvalue weighted by atomic mass is 9.90. The lowest BCUT2D eigenvalue weighted by molar-refractivity contribution is 0.0570. The largest absolute Gasteiger partial charge is 0.345 e. The first kappa shape index (κ1) is 17.0. The number of hydrogen-bond donors (Lipinski definition) is 1. The quantitative estimate of drug-likeness (QED) is 0.533. The van der Waals surface area contributed by atoms with Crippen LogP contribution in [0.25, 0.3) is 22.3 Å². The molecule has 5 rings (SSSR count). The van der Waals surface area contributed by atoms with Crippen molar-refractivity contribution in [2.45, 2.75) is 18.9 Å². The van der Waals surface area contributed by atoms with Crippen LogP contribution in [0.15, 0.2) is 18.5 Å². The van der Waals surface area contributed by atoms with Crippen LogP contribution in [0.2, 0.25) is 0 Å². The van der Waals surface area contributed by atoms with E-state index < -0.39 is 15.6 Å². The maximum Gasteiger partial charge on any atom is 0.217 e. The van der Waals surface area contributed by atoms with Crippen LogP contribution >= 0.6 is 0 Å². The highest BCUT2D eigenvalue weighted by atomic mass is 32.2. The van der Waals surface area contributed by atoms with Gasteiger partial charge in [-0.15, -0.1) is 5.10 Å². The number of ketones is 1. The van der Waals surface area contributed by atoms with Crippen LogP contribution in [0.1, 0.15) is 29.4 Å². The third-order valence-corrected chi connectivity index (χ3v) is 7.21. The van der Waals surface area contributed by atoms with Gasteiger partial charge in [0.1, 0.15) is 16.9 Å². The lowest BCUT2D eigenvalue weighted by Crippen LogP contribution is -2.64. The summed E-state index contributed by atoms with van der Waals surface area (Å²) in [6.45, 7) is 1.79. The van der Waals surface area contributed by atoms with E-state index in [4.69, 9.17) is 0 Å². The highest BCUT2D eigenvalue weighted by Gasteiger charge is 2.51. The van der Waals surface area contributed by atoms with Crippen molar-refractivity contribution in [2.24, 2.45) is 0 Å². The molecule has 10 nitrogen and oxygen atoms in total. The van der Waals surface area contributed by atoms with Gasteiger partial charge in [-0.1, -0.05) is 0 Å². The molecule has 0 unspecified atom stereocenters. The smallest absolute Gasteiger partial charge is 0.217 e. The zero-order valence-corrected chi connectivity index (χ0v) is 15.7. The number of pyridine rings is 1. The van der Waals surface area contributed by atoms with E-state index in [0.29, 0.717) is 22.3 Å². The molecule has 0 aromatic carbocycles. The second-order valence-electron chi connectivity index (χ2n) is 7.03. The molecule has 0 atom stereocenters. The van der Waals surface area contributed by atoms with E-state index in [0.717, 1.165) is 5.56 Å². The maximum atomic E-state index is 12.9. The Balaban J connectivity index is 1.62. The van der Waals surface area contributed by atoms with E-state index in [1.807, 2.05) is 0 Å². The van der Waals surface area contributed by atoms with Gasteiger partial charge in [0.15, 0.2) is 5.69 Å². The summed E-state index contributed by atoms with van der Waals surface area (Å²) in [4.78, 5) is 21.5. The van der Waals surface area contributed by atoms with Gasteiger partial charge in [0.25, 0.3) is 0 Å². The van der Waals surface area contributed by atoms with Crippen molar-refractivity contribution in [2.75, 3.05) is 18.8 Å². The van der Waals surface area contributed by atoms with E-state index in [1.165, 1.54) is 9.10 Å². The van der Waals surface area contributed by atoms with Crippen LogP contribution in [0, 0.1) is 11.3 Å². The van der Waals surface area contributed by atoms with Crippen molar-refractivity contribution in [1.29, 1.82) is 5.26 Å². The van der Waals surface area contributed by atoms with Gasteiger partial charge in [0, 0.05) is 36.4 Å². The molecule has 4 heterocycles. The van der Waals surface area contributed by atoms with Crippen molar-refractivity contribution in [3.8, 4) is 17.3 Å². The van der Waals surface area contributed by atoms with Crippen LogP contribution in [0.3, 0.4) is 0 Å². The number of carbonyl (C=O) groups is 1. The minimum Gasteiger partial charge on any atom is -0.345 e. The van der Waals surface area contributed by atoms with Gasteiger partial charge in [-0.2, -0.15) is 19.5 Å². The number of nitrogens with zero attached hydrogens (tertiary/aromatic N) is 6. The number of sulfonamides is 1. The average molecular weight is 397 g/mol. The normalized spacial score (nSPS) is 17.9. The molecule has 1 saturated heterocycles. The number of H-pyrrole nitrogens is 1. The molecule has 0 amide bonds. The van der Waals surface area contributed by atoms with E-state index >= 15 is 0 Å². The van der Waals surface area contributed by atoms with Crippen LogP contribution in [0.5, 0.6) is 0 Å². The molecule has 3 aromatic heterocycles. The summed E-state index contributed by atoms with van der Waals surface area (Å²) in [5.41, 5.74) is 1.57. The van der Waals surface area contributed by atoms with Gasteiger partial charge in [0.2, 0.25) is 15.8 Å². The second-order valence-corrected chi connectivity index (χ2v) is 9.29. The van der Waals surface area contributed by atoms with Gasteiger partial charge in [0.05, 0.1) is 23.8 Å². The Labute approximate surface area is 159 Å². The summed E-state index contributed by atoms with van der Waals surface area (Å²) in [7, 11) is -3.36. The standard InChI is InChI=1S/C17H15N7O3S/c1-2-28(26,27)23-8-17(9-23,4-5-18)24-21-13-10-3-6-19-16-12(10)11(7-20-16)15(25)14(13)22-24/h3,6-7H,2,4,8-9H2,1H3,(H,19,20). The predicted molar refractivity (Wildman–Crippen MR) is 97.8 cm³/mol. The zero-order chi connectivity index (χ0) is 19.7. The maximum absolute atomic E-state index is 12.9. The molecule has 28 heavy (non-hydrogen) atoms. The highest BCUT2D eigenvalue weighted by Crippen LogP contribution is 2.39. The van der Waals surface area contributed by atoms with Crippen molar-refractivity contribution in [3.63, 3.8) is 0 Å². The molecule has 0 bridgehead atoms. The first-order chi connectivity index (χ1) is 13.4. The van der Waals surface area contributed by atoms with Crippen molar-refractivity contribution in [3.05, 3.63) is 29.7 Å². The van der Waals surface area contributed by atoms with Crippen molar-refractivity contribution in [1.82, 2.24) is 29.3 Å². The third-order valence-electron chi connectivity index (χ3n) is 5.43. The number of nitrogens with one attached hydrogen (secondary N) is 1. The Morgan fingerprint density at radius 2 is 2.04 bits per heavy atom. The molecule has 1 N–H and O–H groups in total. The fourth-order valence-corrected chi connectivity index (χ4v) is 5.10. The predicted octanol–water partition coefficient (Wildman–Crippen LogP) is 0.640. The third kappa shape index (κ3) is 2.07. The average Bonchev–Trinajstić information content (AvgIpc) is 3.28. The SMILES string of the molecule is CCS(=O)(=O)N1CC(CC#N)(n2nc3c(n2)-c2ccnc4[nH]cc(c24)C3=O)C1. The van der Waals surface area contributed by atoms with Crippen molar-refractivity contribution < 1.29 is 13.2 Å². The number of aromatic amines is 1. The number of hydrogen-bond acceptors (Lipinski definition) is 7. The van der Waals surface area contributed by atoms with Gasteiger partial charge in [-0.25, -0.2) is 13.4 Å². The number of fused-ring (bicyclic) bond motifs is 2. The summed E-state index contributed by atoms with van der Waals surface area (Å²) >= 11 is 0. The minimum atomic E-state index is -3.36. The van der Waals surface area contributed by atoms with Gasteiger partial charge >= 0.3 is 0 Å². The monoisotopic (exact) mass is 397 g/mol. The van der Waals surface area contributed by atoms with Gasteiger partial charge < -0.3 is 4.98 Å². The molecular weight excluding hydrogens is 382 g/mol.